The Bertz CT molecular complexity index is 338. The van der Waals surface area contributed by atoms with Gasteiger partial charge < -0.3 is 10.2 Å². The van der Waals surface area contributed by atoms with Crippen LogP contribution in [0.2, 0.25) is 0 Å². The lowest BCUT2D eigenvalue weighted by Gasteiger charge is -2.33. The fourth-order valence-corrected chi connectivity index (χ4v) is 2.58. The number of alkyl halides is 3. The summed E-state index contributed by atoms with van der Waals surface area (Å²) in [6, 6.07) is 2.22. The van der Waals surface area contributed by atoms with Crippen LogP contribution in [0, 0.1) is 17.2 Å². The Kier molecular flexibility index (Phi) is 6.28. The predicted octanol–water partition coefficient (Wildman–Crippen LogP) is 2.93. The number of hydrogen-bond acceptors (Lipinski definition) is 3. The van der Waals surface area contributed by atoms with E-state index in [9.17, 15) is 13.2 Å². The number of nitrogens with one attached hydrogen (secondary N) is 1. The lowest BCUT2D eigenvalue weighted by molar-refractivity contribution is -0.186. The molecule has 1 aliphatic rings. The number of halogens is 3. The molecule has 1 saturated heterocycles. The average molecular weight is 291 g/mol. The third kappa shape index (κ3) is 5.29. The molecule has 1 aliphatic heterocycles. The van der Waals surface area contributed by atoms with Crippen LogP contribution < -0.4 is 5.32 Å². The van der Waals surface area contributed by atoms with E-state index in [1.807, 2.05) is 11.8 Å². The van der Waals surface area contributed by atoms with E-state index in [1.165, 1.54) is 0 Å². The number of likely N-dealkylation sites (tertiary alicyclic amines) is 1. The normalized spacial score (nSPS) is 24.1. The standard InChI is InChI=1S/C14H24F3N3/c1-13(11-18,19-2)7-3-4-8-20-9-5-6-12(10-20)14(15,16)17/h12,19H,3-10H2,1-2H3. The highest BCUT2D eigenvalue weighted by atomic mass is 19.4. The summed E-state index contributed by atoms with van der Waals surface area (Å²) in [5.74, 6) is -1.17. The molecule has 0 aromatic rings. The Hall–Kier alpha value is -0.800. The van der Waals surface area contributed by atoms with Crippen LogP contribution in [0.15, 0.2) is 0 Å². The molecule has 1 heterocycles. The minimum Gasteiger partial charge on any atom is -0.303 e. The Morgan fingerprint density at radius 3 is 2.60 bits per heavy atom. The predicted molar refractivity (Wildman–Crippen MR) is 72.1 cm³/mol. The van der Waals surface area contributed by atoms with Crippen molar-refractivity contribution in [3.05, 3.63) is 0 Å². The van der Waals surface area contributed by atoms with Crippen LogP contribution in [0.3, 0.4) is 0 Å². The highest BCUT2D eigenvalue weighted by Gasteiger charge is 2.41. The number of nitrogens with zero attached hydrogens (tertiary/aromatic N) is 2. The zero-order valence-corrected chi connectivity index (χ0v) is 12.3. The Labute approximate surface area is 119 Å². The Balaban J connectivity index is 2.27. The molecule has 2 unspecified atom stereocenters. The molecule has 0 radical (unpaired) electrons. The van der Waals surface area contributed by atoms with Gasteiger partial charge in [0.1, 0.15) is 5.54 Å². The van der Waals surface area contributed by atoms with Gasteiger partial charge in [-0.3, -0.25) is 0 Å². The largest absolute Gasteiger partial charge is 0.393 e. The van der Waals surface area contributed by atoms with Crippen molar-refractivity contribution in [3.63, 3.8) is 0 Å². The molecule has 0 amide bonds. The number of rotatable bonds is 6. The molecule has 0 aliphatic carbocycles. The second-order valence-electron chi connectivity index (χ2n) is 5.83. The van der Waals surface area contributed by atoms with Crippen molar-refractivity contribution in [2.45, 2.75) is 50.7 Å². The first kappa shape index (κ1) is 17.3. The maximum atomic E-state index is 12.7. The van der Waals surface area contributed by atoms with Crippen molar-refractivity contribution < 1.29 is 13.2 Å². The molecule has 0 spiro atoms. The summed E-state index contributed by atoms with van der Waals surface area (Å²) in [6.07, 6.45) is -0.787. The molecule has 1 rings (SSSR count). The first-order valence-electron chi connectivity index (χ1n) is 7.20. The van der Waals surface area contributed by atoms with Crippen molar-refractivity contribution in [1.29, 1.82) is 5.26 Å². The third-order valence-electron chi connectivity index (χ3n) is 4.17. The molecule has 116 valence electrons. The summed E-state index contributed by atoms with van der Waals surface area (Å²) < 4.78 is 38.0. The summed E-state index contributed by atoms with van der Waals surface area (Å²) in [7, 11) is 1.75. The Morgan fingerprint density at radius 2 is 2.05 bits per heavy atom. The zero-order chi connectivity index (χ0) is 15.2. The van der Waals surface area contributed by atoms with Gasteiger partial charge in [0.15, 0.2) is 0 Å². The van der Waals surface area contributed by atoms with E-state index in [1.54, 1.807) is 7.05 Å². The van der Waals surface area contributed by atoms with Crippen molar-refractivity contribution in [2.75, 3.05) is 26.7 Å². The second kappa shape index (κ2) is 7.28. The third-order valence-corrected chi connectivity index (χ3v) is 4.17. The van der Waals surface area contributed by atoms with Crippen LogP contribution in [0.4, 0.5) is 13.2 Å². The molecule has 0 aromatic heterocycles. The highest BCUT2D eigenvalue weighted by Crippen LogP contribution is 2.33. The van der Waals surface area contributed by atoms with Crippen LogP contribution in [0.25, 0.3) is 0 Å². The maximum absolute atomic E-state index is 12.7. The van der Waals surface area contributed by atoms with Crippen LogP contribution >= 0.6 is 0 Å². The summed E-state index contributed by atoms with van der Waals surface area (Å²) in [5, 5.41) is 12.0. The molecule has 1 fully saturated rings. The molecule has 6 heteroatoms. The van der Waals surface area contributed by atoms with Crippen LogP contribution in [0.5, 0.6) is 0 Å². The minimum atomic E-state index is -4.07. The number of piperidine rings is 1. The average Bonchev–Trinajstić information content (AvgIpc) is 2.43. The molecular weight excluding hydrogens is 267 g/mol. The van der Waals surface area contributed by atoms with Crippen LogP contribution in [-0.2, 0) is 0 Å². The van der Waals surface area contributed by atoms with Gasteiger partial charge in [0.2, 0.25) is 0 Å². The maximum Gasteiger partial charge on any atom is 0.393 e. The fourth-order valence-electron chi connectivity index (χ4n) is 2.58. The van der Waals surface area contributed by atoms with Crippen LogP contribution in [-0.4, -0.2) is 43.3 Å². The summed E-state index contributed by atoms with van der Waals surface area (Å²) in [6.45, 7) is 3.42. The molecule has 20 heavy (non-hydrogen) atoms. The van der Waals surface area contributed by atoms with Gasteiger partial charge in [-0.2, -0.15) is 18.4 Å². The van der Waals surface area contributed by atoms with Gasteiger partial charge in [-0.05, 0) is 59.2 Å². The lowest BCUT2D eigenvalue weighted by Crippen LogP contribution is -2.42. The first-order chi connectivity index (χ1) is 9.30. The van der Waals surface area contributed by atoms with Gasteiger partial charge in [0.05, 0.1) is 12.0 Å². The molecule has 0 saturated carbocycles. The number of nitriles is 1. The highest BCUT2D eigenvalue weighted by molar-refractivity contribution is 5.02. The smallest absolute Gasteiger partial charge is 0.303 e. The monoisotopic (exact) mass is 291 g/mol. The van der Waals surface area contributed by atoms with E-state index in [2.05, 4.69) is 11.4 Å². The van der Waals surface area contributed by atoms with E-state index < -0.39 is 17.6 Å². The molecule has 3 nitrogen and oxygen atoms in total. The van der Waals surface area contributed by atoms with Crippen LogP contribution in [0.1, 0.15) is 39.0 Å². The molecular formula is C14H24F3N3. The minimum absolute atomic E-state index is 0.130. The summed E-state index contributed by atoms with van der Waals surface area (Å²) >= 11 is 0. The van der Waals surface area contributed by atoms with E-state index in [4.69, 9.17) is 5.26 Å². The van der Waals surface area contributed by atoms with Gasteiger partial charge in [0, 0.05) is 6.54 Å². The SMILES string of the molecule is CNC(C)(C#N)CCCCN1CCCC(C(F)(F)F)C1. The molecule has 1 N–H and O–H groups in total. The topological polar surface area (TPSA) is 39.1 Å². The Morgan fingerprint density at radius 1 is 1.35 bits per heavy atom. The van der Waals surface area contributed by atoms with Crippen molar-refractivity contribution in [2.24, 2.45) is 5.92 Å². The van der Waals surface area contributed by atoms with Gasteiger partial charge in [0.25, 0.3) is 0 Å². The zero-order valence-electron chi connectivity index (χ0n) is 12.3. The number of unbranched alkanes of at least 4 members (excludes halogenated alkanes) is 1. The quantitative estimate of drug-likeness (QED) is 0.765. The fraction of sp³-hybridized carbons (Fsp3) is 0.929. The van der Waals surface area contributed by atoms with Gasteiger partial charge in [-0.15, -0.1) is 0 Å². The van der Waals surface area contributed by atoms with Gasteiger partial charge >= 0.3 is 6.18 Å². The van der Waals surface area contributed by atoms with E-state index in [0.29, 0.717) is 13.0 Å². The molecule has 2 atom stereocenters. The number of hydrogen-bond donors (Lipinski definition) is 1. The van der Waals surface area contributed by atoms with Gasteiger partial charge in [-0.1, -0.05) is 0 Å². The molecule has 0 aromatic carbocycles. The van der Waals surface area contributed by atoms with Crippen molar-refractivity contribution >= 4 is 0 Å². The van der Waals surface area contributed by atoms with E-state index in [0.717, 1.165) is 25.8 Å². The first-order valence-corrected chi connectivity index (χ1v) is 7.20. The van der Waals surface area contributed by atoms with Gasteiger partial charge in [-0.25, -0.2) is 0 Å². The summed E-state index contributed by atoms with van der Waals surface area (Å²) in [4.78, 5) is 1.91. The summed E-state index contributed by atoms with van der Waals surface area (Å²) in [5.41, 5.74) is -0.531. The van der Waals surface area contributed by atoms with Crippen molar-refractivity contribution in [3.8, 4) is 6.07 Å². The lowest BCUT2D eigenvalue weighted by atomic mass is 9.95. The van der Waals surface area contributed by atoms with E-state index >= 15 is 0 Å². The second-order valence-corrected chi connectivity index (χ2v) is 5.83. The molecule has 0 bridgehead atoms. The van der Waals surface area contributed by atoms with E-state index in [-0.39, 0.29) is 13.0 Å². The van der Waals surface area contributed by atoms with Crippen molar-refractivity contribution in [1.82, 2.24) is 10.2 Å².